The number of anilines is 1. The third kappa shape index (κ3) is 2.48. The normalized spacial score (nSPS) is 11.4. The fourth-order valence-electron chi connectivity index (χ4n) is 3.37. The maximum absolute atomic E-state index is 13.7. The molecular weight excluding hydrogens is 345 g/mol. The van der Waals surface area contributed by atoms with Gasteiger partial charge in [-0.25, -0.2) is 9.37 Å². The number of aromatic nitrogens is 4. The van der Waals surface area contributed by atoms with Crippen LogP contribution in [-0.4, -0.2) is 25.3 Å². The molecule has 7 heteroatoms. The number of nitrogens with one attached hydrogen (secondary N) is 2. The first-order valence-electron chi connectivity index (χ1n) is 8.30. The van der Waals surface area contributed by atoms with Crippen LogP contribution >= 0.6 is 0 Å². The summed E-state index contributed by atoms with van der Waals surface area (Å²) in [6.45, 7) is 0. The molecule has 0 unspecified atom stereocenters. The number of halogens is 1. The lowest BCUT2D eigenvalue weighted by atomic mass is 10.0. The van der Waals surface area contributed by atoms with Crippen LogP contribution in [0.2, 0.25) is 0 Å². The molecule has 132 valence electrons. The predicted molar refractivity (Wildman–Crippen MR) is 103 cm³/mol. The quantitative estimate of drug-likeness (QED) is 0.379. The molecule has 0 atom stereocenters. The maximum Gasteiger partial charge on any atom is 0.153 e. The first-order chi connectivity index (χ1) is 13.1. The zero-order chi connectivity index (χ0) is 18.5. The molecule has 0 aliphatic heterocycles. The predicted octanol–water partition coefficient (Wildman–Crippen LogP) is 4.20. The number of H-pyrrole nitrogens is 2. The van der Waals surface area contributed by atoms with E-state index in [0.717, 1.165) is 33.5 Å². The van der Waals surface area contributed by atoms with Gasteiger partial charge >= 0.3 is 0 Å². The highest BCUT2D eigenvalue weighted by Gasteiger charge is 2.12. The summed E-state index contributed by atoms with van der Waals surface area (Å²) in [5.41, 5.74) is 10.6. The molecule has 3 heterocycles. The Bertz CT molecular complexity index is 1300. The minimum absolute atomic E-state index is 0.127. The van der Waals surface area contributed by atoms with Crippen molar-refractivity contribution in [1.82, 2.24) is 20.2 Å². The highest BCUT2D eigenvalue weighted by atomic mass is 19.1. The average molecular weight is 359 g/mol. The largest absolute Gasteiger partial charge is 0.508 e. The second-order valence-electron chi connectivity index (χ2n) is 6.37. The number of benzene rings is 2. The van der Waals surface area contributed by atoms with E-state index in [-0.39, 0.29) is 5.75 Å². The van der Waals surface area contributed by atoms with Crippen LogP contribution in [0.25, 0.3) is 44.3 Å². The number of aromatic hydroxyl groups is 1. The second-order valence-corrected chi connectivity index (χ2v) is 6.37. The van der Waals surface area contributed by atoms with E-state index in [1.165, 1.54) is 12.1 Å². The Labute approximate surface area is 152 Å². The Morgan fingerprint density at radius 1 is 0.963 bits per heavy atom. The van der Waals surface area contributed by atoms with Crippen molar-refractivity contribution in [3.8, 4) is 28.1 Å². The highest BCUT2D eigenvalue weighted by Crippen LogP contribution is 2.34. The van der Waals surface area contributed by atoms with E-state index in [2.05, 4.69) is 20.2 Å². The van der Waals surface area contributed by atoms with E-state index in [1.807, 2.05) is 30.3 Å². The molecule has 27 heavy (non-hydrogen) atoms. The maximum atomic E-state index is 13.7. The summed E-state index contributed by atoms with van der Waals surface area (Å²) < 4.78 is 13.7. The zero-order valence-electron chi connectivity index (χ0n) is 14.0. The standard InChI is InChI=1S/C20H14FN5O/c21-12-5-11(6-13(27)8-12)18-9-15-14(3-4-23-20(15)24-18)10-1-2-17-16(7-10)19(22)26-25-17/h1-9,27H,(H,23,24)(H3,22,25,26). The summed E-state index contributed by atoms with van der Waals surface area (Å²) in [6, 6.07) is 13.6. The molecule has 0 radical (unpaired) electrons. The van der Waals surface area contributed by atoms with Gasteiger partial charge in [0.05, 0.1) is 5.52 Å². The van der Waals surface area contributed by atoms with Gasteiger partial charge in [0.1, 0.15) is 17.2 Å². The second kappa shape index (κ2) is 5.57. The fraction of sp³-hybridized carbons (Fsp3) is 0. The van der Waals surface area contributed by atoms with Gasteiger partial charge in [0.2, 0.25) is 0 Å². The van der Waals surface area contributed by atoms with Crippen LogP contribution in [0, 0.1) is 5.82 Å². The summed E-state index contributed by atoms with van der Waals surface area (Å²) in [6.07, 6.45) is 1.71. The molecule has 6 nitrogen and oxygen atoms in total. The van der Waals surface area contributed by atoms with Crippen molar-refractivity contribution in [3.05, 3.63) is 60.5 Å². The number of pyridine rings is 1. The number of phenolic OH excluding ortho intramolecular Hbond substituents is 1. The first-order valence-corrected chi connectivity index (χ1v) is 8.30. The molecule has 5 rings (SSSR count). The van der Waals surface area contributed by atoms with Gasteiger partial charge in [0, 0.05) is 34.3 Å². The monoisotopic (exact) mass is 359 g/mol. The number of nitrogen functional groups attached to an aromatic ring is 1. The first kappa shape index (κ1) is 15.4. The van der Waals surface area contributed by atoms with E-state index >= 15 is 0 Å². The molecule has 5 aromatic rings. The van der Waals surface area contributed by atoms with Crippen LogP contribution in [0.15, 0.2) is 54.7 Å². The van der Waals surface area contributed by atoms with Gasteiger partial charge in [-0.3, -0.25) is 5.10 Å². The van der Waals surface area contributed by atoms with E-state index in [0.29, 0.717) is 22.7 Å². The smallest absolute Gasteiger partial charge is 0.153 e. The Balaban J connectivity index is 1.71. The number of phenols is 1. The Kier molecular flexibility index (Phi) is 3.17. The molecule has 0 aliphatic carbocycles. The molecule has 3 aromatic heterocycles. The molecule has 0 amide bonds. The van der Waals surface area contributed by atoms with E-state index < -0.39 is 5.82 Å². The molecule has 0 saturated heterocycles. The van der Waals surface area contributed by atoms with Crippen molar-refractivity contribution >= 4 is 27.8 Å². The molecule has 0 spiro atoms. The van der Waals surface area contributed by atoms with Crippen molar-refractivity contribution in [2.75, 3.05) is 5.73 Å². The van der Waals surface area contributed by atoms with Crippen LogP contribution in [0.5, 0.6) is 5.75 Å². The third-order valence-corrected chi connectivity index (χ3v) is 4.63. The van der Waals surface area contributed by atoms with Crippen LogP contribution in [0.1, 0.15) is 0 Å². The van der Waals surface area contributed by atoms with Gasteiger partial charge in [-0.05, 0) is 47.5 Å². The SMILES string of the molecule is Nc1n[nH]c2ccc(-c3ccnc4[nH]c(-c5cc(O)cc(F)c5)cc34)cc12. The van der Waals surface area contributed by atoms with E-state index in [9.17, 15) is 9.50 Å². The van der Waals surface area contributed by atoms with Gasteiger partial charge in [-0.15, -0.1) is 0 Å². The fourth-order valence-corrected chi connectivity index (χ4v) is 3.37. The minimum atomic E-state index is -0.502. The number of fused-ring (bicyclic) bond motifs is 2. The van der Waals surface area contributed by atoms with Crippen LogP contribution < -0.4 is 5.73 Å². The summed E-state index contributed by atoms with van der Waals surface area (Å²) in [5.74, 6) is -0.183. The summed E-state index contributed by atoms with van der Waals surface area (Å²) >= 11 is 0. The molecule has 0 saturated carbocycles. The molecule has 2 aromatic carbocycles. The summed E-state index contributed by atoms with van der Waals surface area (Å²) in [4.78, 5) is 7.56. The van der Waals surface area contributed by atoms with Crippen molar-refractivity contribution in [3.63, 3.8) is 0 Å². The van der Waals surface area contributed by atoms with Gasteiger partial charge < -0.3 is 15.8 Å². The average Bonchev–Trinajstić information content (AvgIpc) is 3.24. The van der Waals surface area contributed by atoms with Crippen molar-refractivity contribution in [1.29, 1.82) is 0 Å². The molecule has 0 bridgehead atoms. The topological polar surface area (TPSA) is 104 Å². The molecule has 0 aliphatic rings. The van der Waals surface area contributed by atoms with Crippen LogP contribution in [-0.2, 0) is 0 Å². The number of nitrogens with two attached hydrogens (primary N) is 1. The lowest BCUT2D eigenvalue weighted by Gasteiger charge is -2.03. The summed E-state index contributed by atoms with van der Waals surface area (Å²) in [5, 5.41) is 18.3. The number of hydrogen-bond acceptors (Lipinski definition) is 4. The summed E-state index contributed by atoms with van der Waals surface area (Å²) in [7, 11) is 0. The molecular formula is C20H14FN5O. The van der Waals surface area contributed by atoms with E-state index in [4.69, 9.17) is 5.73 Å². The highest BCUT2D eigenvalue weighted by molar-refractivity contribution is 5.99. The number of aromatic amines is 2. The lowest BCUT2D eigenvalue weighted by molar-refractivity contribution is 0.469. The lowest BCUT2D eigenvalue weighted by Crippen LogP contribution is -1.85. The minimum Gasteiger partial charge on any atom is -0.508 e. The molecule has 5 N–H and O–H groups in total. The number of hydrogen-bond donors (Lipinski definition) is 4. The Hall–Kier alpha value is -3.87. The van der Waals surface area contributed by atoms with Gasteiger partial charge in [-0.1, -0.05) is 6.07 Å². The van der Waals surface area contributed by atoms with Crippen LogP contribution in [0.4, 0.5) is 10.2 Å². The number of nitrogens with zero attached hydrogens (tertiary/aromatic N) is 2. The van der Waals surface area contributed by atoms with Crippen molar-refractivity contribution in [2.24, 2.45) is 0 Å². The van der Waals surface area contributed by atoms with Gasteiger partial charge in [-0.2, -0.15) is 5.10 Å². The Morgan fingerprint density at radius 3 is 2.70 bits per heavy atom. The van der Waals surface area contributed by atoms with Gasteiger partial charge in [0.15, 0.2) is 5.82 Å². The van der Waals surface area contributed by atoms with Crippen molar-refractivity contribution in [2.45, 2.75) is 0 Å². The number of rotatable bonds is 2. The van der Waals surface area contributed by atoms with Crippen molar-refractivity contribution < 1.29 is 9.50 Å². The zero-order valence-corrected chi connectivity index (χ0v) is 14.0. The Morgan fingerprint density at radius 2 is 1.85 bits per heavy atom. The third-order valence-electron chi connectivity index (χ3n) is 4.63. The molecule has 0 fully saturated rings. The van der Waals surface area contributed by atoms with Crippen LogP contribution in [0.3, 0.4) is 0 Å². The van der Waals surface area contributed by atoms with Gasteiger partial charge in [0.25, 0.3) is 0 Å². The van der Waals surface area contributed by atoms with E-state index in [1.54, 1.807) is 6.20 Å².